The number of carbonyl (C=O) groups excluding carboxylic acids is 1. The summed E-state index contributed by atoms with van der Waals surface area (Å²) in [5.74, 6) is 0.119. The van der Waals surface area contributed by atoms with Gasteiger partial charge >= 0.3 is 0 Å². The summed E-state index contributed by atoms with van der Waals surface area (Å²) >= 11 is 1.49. The molecule has 0 bridgehead atoms. The maximum atomic E-state index is 10.6. The summed E-state index contributed by atoms with van der Waals surface area (Å²) in [6.07, 6.45) is 0. The highest BCUT2D eigenvalue weighted by Gasteiger charge is 1.93. The van der Waals surface area contributed by atoms with Crippen molar-refractivity contribution in [3.63, 3.8) is 0 Å². The summed E-state index contributed by atoms with van der Waals surface area (Å²) in [6.45, 7) is 8.97. The Bertz CT molecular complexity index is 180. The summed E-state index contributed by atoms with van der Waals surface area (Å²) in [6, 6.07) is 0. The van der Waals surface area contributed by atoms with Crippen molar-refractivity contribution in [3.05, 3.63) is 22.5 Å². The molecule has 1 nitrogen and oxygen atoms in total. The van der Waals surface area contributed by atoms with E-state index < -0.39 is 0 Å². The monoisotopic (exact) mass is 156 g/mol. The van der Waals surface area contributed by atoms with Crippen molar-refractivity contribution < 1.29 is 4.79 Å². The minimum absolute atomic E-state index is 0.119. The third-order valence-electron chi connectivity index (χ3n) is 0.992. The second kappa shape index (κ2) is 4.34. The average Bonchev–Trinajstić information content (AvgIpc) is 1.82. The lowest BCUT2D eigenvalue weighted by molar-refractivity contribution is -0.113. The number of carbonyl (C=O) groups is 1. The number of Topliss-reactive ketones (excluding diaryl/α,β-unsaturated/α-hetero) is 1. The van der Waals surface area contributed by atoms with Crippen LogP contribution in [0.4, 0.5) is 0 Å². The highest BCUT2D eigenvalue weighted by atomic mass is 32.2. The fourth-order valence-corrected chi connectivity index (χ4v) is 0.816. The zero-order valence-electron chi connectivity index (χ0n) is 6.60. The molecule has 56 valence electrons. The number of allylic oxidation sites excluding steroid dienone is 2. The molecule has 0 aromatic rings. The van der Waals surface area contributed by atoms with E-state index in [0.29, 0.717) is 0 Å². The number of hydrogen-bond donors (Lipinski definition) is 0. The van der Waals surface area contributed by atoms with Crippen LogP contribution >= 0.6 is 11.8 Å². The second-order valence-corrected chi connectivity index (χ2v) is 3.35. The molecule has 0 saturated carbocycles. The highest BCUT2D eigenvalue weighted by molar-refractivity contribution is 8.05. The lowest BCUT2D eigenvalue weighted by Crippen LogP contribution is -1.88. The predicted molar refractivity (Wildman–Crippen MR) is 46.8 cm³/mol. The van der Waals surface area contributed by atoms with Gasteiger partial charge in [0.05, 0.1) is 0 Å². The molecule has 0 saturated heterocycles. The van der Waals surface area contributed by atoms with E-state index in [9.17, 15) is 4.79 Å². The van der Waals surface area contributed by atoms with Crippen LogP contribution in [0, 0.1) is 0 Å². The van der Waals surface area contributed by atoms with E-state index in [4.69, 9.17) is 0 Å². The molecule has 0 aliphatic rings. The minimum Gasteiger partial charge on any atom is -0.295 e. The van der Waals surface area contributed by atoms with Gasteiger partial charge in [0, 0.05) is 0 Å². The summed E-state index contributed by atoms with van der Waals surface area (Å²) in [5.41, 5.74) is 0.785. The Hall–Kier alpha value is -0.500. The third kappa shape index (κ3) is 4.39. The molecular weight excluding hydrogens is 144 g/mol. The van der Waals surface area contributed by atoms with Crippen LogP contribution in [0.3, 0.4) is 0 Å². The Morgan fingerprint density at radius 3 is 2.20 bits per heavy atom. The van der Waals surface area contributed by atoms with Crippen molar-refractivity contribution in [1.29, 1.82) is 0 Å². The van der Waals surface area contributed by atoms with E-state index in [0.717, 1.165) is 10.5 Å². The molecule has 0 spiro atoms. The van der Waals surface area contributed by atoms with Crippen LogP contribution in [0.5, 0.6) is 0 Å². The van der Waals surface area contributed by atoms with E-state index in [1.807, 2.05) is 12.3 Å². The molecule has 0 aliphatic heterocycles. The van der Waals surface area contributed by atoms with Crippen molar-refractivity contribution >= 4 is 17.5 Å². The SMILES string of the molecule is C=C(C)S/C=C(\C)C(C)=O. The third-order valence-corrected chi connectivity index (χ3v) is 1.87. The standard InChI is InChI=1S/C8H12OS/c1-6(2)10-5-7(3)8(4)9/h5H,1H2,2-4H3/b7-5+. The minimum atomic E-state index is 0.119. The zero-order chi connectivity index (χ0) is 8.15. The Balaban J connectivity index is 3.92. The van der Waals surface area contributed by atoms with Crippen LogP contribution in [0.15, 0.2) is 22.5 Å². The Morgan fingerprint density at radius 2 is 1.90 bits per heavy atom. The van der Waals surface area contributed by atoms with Crippen molar-refractivity contribution in [2.24, 2.45) is 0 Å². The van der Waals surface area contributed by atoms with Gasteiger partial charge in [0.1, 0.15) is 0 Å². The van der Waals surface area contributed by atoms with Gasteiger partial charge in [-0.1, -0.05) is 6.58 Å². The number of thioether (sulfide) groups is 1. The molecule has 2 heteroatoms. The first-order valence-corrected chi connectivity index (χ1v) is 3.92. The van der Waals surface area contributed by atoms with Gasteiger partial charge in [-0.15, -0.1) is 11.8 Å². The second-order valence-electron chi connectivity index (χ2n) is 2.18. The average molecular weight is 156 g/mol. The van der Waals surface area contributed by atoms with Gasteiger partial charge in [-0.3, -0.25) is 4.79 Å². The van der Waals surface area contributed by atoms with Gasteiger partial charge < -0.3 is 0 Å². The van der Waals surface area contributed by atoms with Crippen molar-refractivity contribution in [2.75, 3.05) is 0 Å². The molecular formula is C8H12OS. The smallest absolute Gasteiger partial charge is 0.156 e. The Kier molecular flexibility index (Phi) is 4.12. The molecule has 0 N–H and O–H groups in total. The molecule has 0 aromatic heterocycles. The van der Waals surface area contributed by atoms with Gasteiger partial charge in [-0.25, -0.2) is 0 Å². The quantitative estimate of drug-likeness (QED) is 0.584. The fraction of sp³-hybridized carbons (Fsp3) is 0.375. The first kappa shape index (κ1) is 9.50. The van der Waals surface area contributed by atoms with E-state index >= 15 is 0 Å². The molecule has 0 unspecified atom stereocenters. The lowest BCUT2D eigenvalue weighted by Gasteiger charge is -1.93. The lowest BCUT2D eigenvalue weighted by atomic mass is 10.2. The molecule has 0 radical (unpaired) electrons. The van der Waals surface area contributed by atoms with Gasteiger partial charge in [0.2, 0.25) is 0 Å². The van der Waals surface area contributed by atoms with Crippen LogP contribution in [0.25, 0.3) is 0 Å². The van der Waals surface area contributed by atoms with Crippen LogP contribution in [0.1, 0.15) is 20.8 Å². The van der Waals surface area contributed by atoms with Gasteiger partial charge in [0.25, 0.3) is 0 Å². The van der Waals surface area contributed by atoms with Crippen molar-refractivity contribution in [1.82, 2.24) is 0 Å². The number of ketones is 1. The number of rotatable bonds is 3. The van der Waals surface area contributed by atoms with E-state index in [-0.39, 0.29) is 5.78 Å². The van der Waals surface area contributed by atoms with Crippen LogP contribution in [0.2, 0.25) is 0 Å². The molecule has 0 rings (SSSR count). The van der Waals surface area contributed by atoms with E-state index in [1.54, 1.807) is 13.8 Å². The molecule has 0 atom stereocenters. The molecule has 10 heavy (non-hydrogen) atoms. The summed E-state index contributed by atoms with van der Waals surface area (Å²) < 4.78 is 0. The highest BCUT2D eigenvalue weighted by Crippen LogP contribution is 2.15. The molecule has 0 fully saturated rings. The summed E-state index contributed by atoms with van der Waals surface area (Å²) in [7, 11) is 0. The summed E-state index contributed by atoms with van der Waals surface area (Å²) in [4.78, 5) is 11.6. The van der Waals surface area contributed by atoms with Crippen LogP contribution < -0.4 is 0 Å². The number of hydrogen-bond acceptors (Lipinski definition) is 2. The van der Waals surface area contributed by atoms with Gasteiger partial charge in [0.15, 0.2) is 5.78 Å². The fourth-order valence-electron chi connectivity index (χ4n) is 0.272. The van der Waals surface area contributed by atoms with Crippen LogP contribution in [-0.4, -0.2) is 5.78 Å². The summed E-state index contributed by atoms with van der Waals surface area (Å²) in [5, 5.41) is 1.82. The maximum Gasteiger partial charge on any atom is 0.156 e. The first-order chi connectivity index (χ1) is 4.54. The van der Waals surface area contributed by atoms with Gasteiger partial charge in [-0.2, -0.15) is 0 Å². The van der Waals surface area contributed by atoms with E-state index in [1.165, 1.54) is 11.8 Å². The van der Waals surface area contributed by atoms with Crippen molar-refractivity contribution in [3.8, 4) is 0 Å². The molecule has 0 amide bonds. The zero-order valence-corrected chi connectivity index (χ0v) is 7.42. The Morgan fingerprint density at radius 1 is 1.40 bits per heavy atom. The molecule has 0 heterocycles. The van der Waals surface area contributed by atoms with Gasteiger partial charge in [-0.05, 0) is 36.7 Å². The predicted octanol–water partition coefficient (Wildman–Crippen LogP) is 2.75. The van der Waals surface area contributed by atoms with Crippen LogP contribution in [-0.2, 0) is 4.79 Å². The van der Waals surface area contributed by atoms with Crippen molar-refractivity contribution in [2.45, 2.75) is 20.8 Å². The Labute approximate surface area is 66.2 Å². The van der Waals surface area contributed by atoms with E-state index in [2.05, 4.69) is 6.58 Å². The first-order valence-electron chi connectivity index (χ1n) is 3.04. The largest absolute Gasteiger partial charge is 0.295 e. The topological polar surface area (TPSA) is 17.1 Å². The normalized spacial score (nSPS) is 11.3. The molecule has 0 aliphatic carbocycles. The maximum absolute atomic E-state index is 10.6. The molecule has 0 aromatic carbocycles.